The zero-order valence-electron chi connectivity index (χ0n) is 14.2. The van der Waals surface area contributed by atoms with Gasteiger partial charge in [0, 0.05) is 30.2 Å². The average Bonchev–Trinajstić information content (AvgIpc) is 3.02. The van der Waals surface area contributed by atoms with Gasteiger partial charge < -0.3 is 10.2 Å². The summed E-state index contributed by atoms with van der Waals surface area (Å²) in [5.74, 6) is -0.392. The van der Waals surface area contributed by atoms with Gasteiger partial charge in [-0.15, -0.1) is 0 Å². The molecule has 0 spiro atoms. The highest BCUT2D eigenvalue weighted by atomic mass is 35.5. The molecule has 0 radical (unpaired) electrons. The highest BCUT2D eigenvalue weighted by Crippen LogP contribution is 2.28. The van der Waals surface area contributed by atoms with Crippen molar-refractivity contribution in [2.75, 3.05) is 11.4 Å². The molecule has 130 valence electrons. The van der Waals surface area contributed by atoms with Crippen LogP contribution in [0.2, 0.25) is 5.02 Å². The largest absolute Gasteiger partial charge is 0.352 e. The van der Waals surface area contributed by atoms with Gasteiger partial charge in [0.15, 0.2) is 0 Å². The van der Waals surface area contributed by atoms with Crippen molar-refractivity contribution in [3.05, 3.63) is 64.7 Å². The van der Waals surface area contributed by atoms with Gasteiger partial charge in [-0.25, -0.2) is 0 Å². The summed E-state index contributed by atoms with van der Waals surface area (Å²) in [6.07, 6.45) is 1.11. The van der Waals surface area contributed by atoms with Crippen molar-refractivity contribution in [2.45, 2.75) is 26.3 Å². The van der Waals surface area contributed by atoms with E-state index in [0.717, 1.165) is 23.2 Å². The summed E-state index contributed by atoms with van der Waals surface area (Å²) in [7, 11) is 0. The van der Waals surface area contributed by atoms with E-state index in [-0.39, 0.29) is 24.2 Å². The van der Waals surface area contributed by atoms with Gasteiger partial charge in [-0.2, -0.15) is 0 Å². The Morgan fingerprint density at radius 1 is 1.20 bits per heavy atom. The minimum atomic E-state index is -0.315. The minimum absolute atomic E-state index is 0.00698. The minimum Gasteiger partial charge on any atom is -0.352 e. The molecule has 1 N–H and O–H groups in total. The van der Waals surface area contributed by atoms with Gasteiger partial charge in [0.05, 0.1) is 5.92 Å². The number of hydrogen-bond acceptors (Lipinski definition) is 2. The van der Waals surface area contributed by atoms with Crippen molar-refractivity contribution in [1.29, 1.82) is 0 Å². The van der Waals surface area contributed by atoms with Gasteiger partial charge in [0.1, 0.15) is 0 Å². The Bertz CT molecular complexity index is 774. The van der Waals surface area contributed by atoms with Gasteiger partial charge >= 0.3 is 0 Å². The number of para-hydroxylation sites is 1. The zero-order valence-corrected chi connectivity index (χ0v) is 14.9. The molecule has 1 saturated heterocycles. The molecule has 4 nitrogen and oxygen atoms in total. The van der Waals surface area contributed by atoms with E-state index in [1.807, 2.05) is 36.4 Å². The Hall–Kier alpha value is -2.33. The van der Waals surface area contributed by atoms with Crippen molar-refractivity contribution in [3.63, 3.8) is 0 Å². The molecule has 2 aromatic carbocycles. The number of halogens is 1. The summed E-state index contributed by atoms with van der Waals surface area (Å²) in [6, 6.07) is 15.2. The van der Waals surface area contributed by atoms with Crippen molar-refractivity contribution in [1.82, 2.24) is 5.32 Å². The molecule has 1 heterocycles. The number of carbonyl (C=O) groups excluding carboxylic acids is 2. The first-order chi connectivity index (χ1) is 12.1. The first-order valence-corrected chi connectivity index (χ1v) is 8.86. The summed E-state index contributed by atoms with van der Waals surface area (Å²) in [5, 5.41) is 3.59. The summed E-state index contributed by atoms with van der Waals surface area (Å²) in [4.78, 5) is 26.6. The molecular weight excluding hydrogens is 336 g/mol. The van der Waals surface area contributed by atoms with E-state index in [0.29, 0.717) is 18.1 Å². The number of anilines is 1. The maximum Gasteiger partial charge on any atom is 0.227 e. The average molecular weight is 357 g/mol. The molecule has 25 heavy (non-hydrogen) atoms. The summed E-state index contributed by atoms with van der Waals surface area (Å²) < 4.78 is 0. The van der Waals surface area contributed by atoms with E-state index < -0.39 is 0 Å². The van der Waals surface area contributed by atoms with Crippen LogP contribution < -0.4 is 10.2 Å². The second-order valence-electron chi connectivity index (χ2n) is 6.23. The molecule has 1 atom stereocenters. The number of hydrogen-bond donors (Lipinski definition) is 1. The number of carbonyl (C=O) groups is 2. The molecule has 2 amide bonds. The van der Waals surface area contributed by atoms with E-state index in [1.54, 1.807) is 17.0 Å². The number of benzene rings is 2. The first kappa shape index (κ1) is 17.5. The lowest BCUT2D eigenvalue weighted by atomic mass is 10.1. The van der Waals surface area contributed by atoms with Gasteiger partial charge in [0.2, 0.25) is 11.8 Å². The van der Waals surface area contributed by atoms with Crippen LogP contribution in [0.1, 0.15) is 24.5 Å². The number of aryl methyl sites for hydroxylation is 1. The number of amides is 2. The van der Waals surface area contributed by atoms with Crippen LogP contribution in [0.5, 0.6) is 0 Å². The second-order valence-corrected chi connectivity index (χ2v) is 6.67. The Morgan fingerprint density at radius 2 is 1.92 bits per heavy atom. The van der Waals surface area contributed by atoms with Gasteiger partial charge in [-0.05, 0) is 35.7 Å². The zero-order chi connectivity index (χ0) is 17.8. The lowest BCUT2D eigenvalue weighted by Gasteiger charge is -2.20. The van der Waals surface area contributed by atoms with Crippen LogP contribution in [0.25, 0.3) is 0 Å². The maximum absolute atomic E-state index is 12.4. The summed E-state index contributed by atoms with van der Waals surface area (Å²) >= 11 is 5.86. The fourth-order valence-corrected chi connectivity index (χ4v) is 3.25. The number of nitrogens with zero attached hydrogens (tertiary/aromatic N) is 1. The molecule has 0 bridgehead atoms. The first-order valence-electron chi connectivity index (χ1n) is 8.49. The quantitative estimate of drug-likeness (QED) is 0.890. The van der Waals surface area contributed by atoms with E-state index >= 15 is 0 Å². The van der Waals surface area contributed by atoms with E-state index in [2.05, 4.69) is 12.2 Å². The summed E-state index contributed by atoms with van der Waals surface area (Å²) in [6.45, 7) is 2.93. The van der Waals surface area contributed by atoms with Crippen LogP contribution >= 0.6 is 11.6 Å². The monoisotopic (exact) mass is 356 g/mol. The van der Waals surface area contributed by atoms with Crippen molar-refractivity contribution >= 4 is 29.1 Å². The van der Waals surface area contributed by atoms with Crippen LogP contribution in [0.3, 0.4) is 0 Å². The van der Waals surface area contributed by atoms with Gasteiger partial charge in [0.25, 0.3) is 0 Å². The Balaban J connectivity index is 1.63. The molecule has 1 aliphatic rings. The smallest absolute Gasteiger partial charge is 0.227 e. The van der Waals surface area contributed by atoms with E-state index in [1.165, 1.54) is 0 Å². The third-order valence-electron chi connectivity index (χ3n) is 4.54. The molecule has 0 unspecified atom stereocenters. The fourth-order valence-electron chi connectivity index (χ4n) is 3.12. The molecule has 5 heteroatoms. The predicted octanol–water partition coefficient (Wildman–Crippen LogP) is 3.57. The van der Waals surface area contributed by atoms with Crippen LogP contribution in [0.4, 0.5) is 5.69 Å². The SMILES string of the molecule is CCc1ccccc1N1C[C@H](C(=O)NCc2ccc(Cl)cc2)CC1=O. The fraction of sp³-hybridized carbons (Fsp3) is 0.300. The van der Waals surface area contributed by atoms with Crippen molar-refractivity contribution in [3.8, 4) is 0 Å². The molecule has 3 rings (SSSR count). The van der Waals surface area contributed by atoms with Crippen molar-refractivity contribution < 1.29 is 9.59 Å². The molecule has 2 aromatic rings. The lowest BCUT2D eigenvalue weighted by Crippen LogP contribution is -2.32. The standard InChI is InChI=1S/C20H21ClN2O2/c1-2-15-5-3-4-6-18(15)23-13-16(11-19(23)24)20(25)22-12-14-7-9-17(21)10-8-14/h3-10,16H,2,11-13H2,1H3,(H,22,25)/t16-/m1/s1. The molecular formula is C20H21ClN2O2. The topological polar surface area (TPSA) is 49.4 Å². The maximum atomic E-state index is 12.4. The number of nitrogens with one attached hydrogen (secondary N) is 1. The molecule has 0 saturated carbocycles. The van der Waals surface area contributed by atoms with Crippen LogP contribution in [0.15, 0.2) is 48.5 Å². The summed E-state index contributed by atoms with van der Waals surface area (Å²) in [5.41, 5.74) is 3.02. The highest BCUT2D eigenvalue weighted by molar-refractivity contribution is 6.30. The third kappa shape index (κ3) is 4.02. The van der Waals surface area contributed by atoms with Crippen LogP contribution in [0, 0.1) is 5.92 Å². The molecule has 1 fully saturated rings. The van der Waals surface area contributed by atoms with E-state index in [4.69, 9.17) is 11.6 Å². The second kappa shape index (κ2) is 7.70. The molecule has 0 aliphatic carbocycles. The Kier molecular flexibility index (Phi) is 5.39. The van der Waals surface area contributed by atoms with E-state index in [9.17, 15) is 9.59 Å². The third-order valence-corrected chi connectivity index (χ3v) is 4.79. The normalized spacial score (nSPS) is 17.0. The predicted molar refractivity (Wildman–Crippen MR) is 99.6 cm³/mol. The Morgan fingerprint density at radius 3 is 2.64 bits per heavy atom. The van der Waals surface area contributed by atoms with Crippen molar-refractivity contribution in [2.24, 2.45) is 5.92 Å². The number of rotatable bonds is 5. The highest BCUT2D eigenvalue weighted by Gasteiger charge is 2.35. The molecule has 0 aromatic heterocycles. The van der Waals surface area contributed by atoms with Gasteiger partial charge in [-0.3, -0.25) is 9.59 Å². The van der Waals surface area contributed by atoms with Crippen LogP contribution in [-0.4, -0.2) is 18.4 Å². The van der Waals surface area contributed by atoms with Gasteiger partial charge in [-0.1, -0.05) is 48.9 Å². The van der Waals surface area contributed by atoms with Crippen LogP contribution in [-0.2, 0) is 22.6 Å². The molecule has 1 aliphatic heterocycles. The Labute approximate surface area is 152 Å². The lowest BCUT2D eigenvalue weighted by molar-refractivity contribution is -0.126.